The lowest BCUT2D eigenvalue weighted by Crippen LogP contribution is -2.28. The largest absolute Gasteiger partial charge is 0.507 e. The van der Waals surface area contributed by atoms with Crippen LogP contribution >= 0.6 is 0 Å². The van der Waals surface area contributed by atoms with Gasteiger partial charge in [0.05, 0.1) is 30.3 Å². The molecule has 182 valence electrons. The van der Waals surface area contributed by atoms with Crippen molar-refractivity contribution in [2.75, 3.05) is 0 Å². The van der Waals surface area contributed by atoms with E-state index in [4.69, 9.17) is 5.41 Å². The van der Waals surface area contributed by atoms with Crippen LogP contribution < -0.4 is 5.62 Å². The molecule has 0 spiro atoms. The fraction of sp³-hybridized carbons (Fsp3) is 0.345. The van der Waals surface area contributed by atoms with Crippen LogP contribution in [-0.2, 0) is 23.9 Å². The summed E-state index contributed by atoms with van der Waals surface area (Å²) in [5.74, 6) is 0.140. The number of aromatic hydroxyl groups is 1. The van der Waals surface area contributed by atoms with Crippen molar-refractivity contribution in [2.24, 2.45) is 0 Å². The van der Waals surface area contributed by atoms with Crippen molar-refractivity contribution < 1.29 is 9.90 Å². The Labute approximate surface area is 206 Å². The number of Topliss-reactive ketones (excluding diaryl/α,β-unsaturated/α-hetero) is 1. The van der Waals surface area contributed by atoms with Crippen molar-refractivity contribution >= 4 is 16.8 Å². The summed E-state index contributed by atoms with van der Waals surface area (Å²) < 4.78 is 3.62. The third kappa shape index (κ3) is 4.78. The number of phenols is 1. The van der Waals surface area contributed by atoms with Crippen LogP contribution in [0.2, 0.25) is 0 Å². The highest BCUT2D eigenvalue weighted by atomic mass is 16.3. The molecule has 0 unspecified atom stereocenters. The topological polar surface area (TPSA) is 83.9 Å². The Kier molecular flexibility index (Phi) is 6.18. The van der Waals surface area contributed by atoms with Crippen molar-refractivity contribution in [3.63, 3.8) is 0 Å². The van der Waals surface area contributed by atoms with Crippen LogP contribution in [0.3, 0.4) is 0 Å². The summed E-state index contributed by atoms with van der Waals surface area (Å²) in [6.45, 7) is 12.7. The number of ketones is 1. The number of carbonyl (C=O) groups excluding carboxylic acids is 1. The monoisotopic (exact) mass is 470 g/mol. The molecular weight excluding hydrogens is 436 g/mol. The van der Waals surface area contributed by atoms with E-state index in [2.05, 4.69) is 4.98 Å². The van der Waals surface area contributed by atoms with Gasteiger partial charge in [-0.25, -0.2) is 0 Å². The van der Waals surface area contributed by atoms with E-state index in [0.29, 0.717) is 12.1 Å². The molecule has 2 N–H and O–H groups in total. The van der Waals surface area contributed by atoms with E-state index >= 15 is 0 Å². The predicted molar refractivity (Wildman–Crippen MR) is 139 cm³/mol. The first-order valence-electron chi connectivity index (χ1n) is 11.9. The first-order chi connectivity index (χ1) is 16.4. The number of nitrogens with one attached hydrogen (secondary N) is 1. The number of benzene rings is 2. The minimum absolute atomic E-state index is 0.0146. The molecule has 0 atom stereocenters. The number of hydrogen-bond donors (Lipinski definition) is 2. The van der Waals surface area contributed by atoms with Gasteiger partial charge in [-0.15, -0.1) is 0 Å². The van der Waals surface area contributed by atoms with Crippen LogP contribution in [-0.4, -0.2) is 25.0 Å². The quantitative estimate of drug-likeness (QED) is 0.375. The molecule has 6 nitrogen and oxygen atoms in total. The molecule has 4 rings (SSSR count). The second kappa shape index (κ2) is 8.84. The summed E-state index contributed by atoms with van der Waals surface area (Å²) in [4.78, 5) is 17.9. The van der Waals surface area contributed by atoms with Crippen LogP contribution in [0.15, 0.2) is 60.9 Å². The number of pyridine rings is 1. The molecule has 0 radical (unpaired) electrons. The number of aromatic nitrogens is 3. The van der Waals surface area contributed by atoms with Crippen molar-refractivity contribution in [2.45, 2.75) is 65.5 Å². The van der Waals surface area contributed by atoms with Crippen LogP contribution in [0.1, 0.15) is 68.6 Å². The molecule has 0 saturated carbocycles. The summed E-state index contributed by atoms with van der Waals surface area (Å²) >= 11 is 0. The molecule has 0 saturated heterocycles. The highest BCUT2D eigenvalue weighted by molar-refractivity contribution is 5.97. The average Bonchev–Trinajstić information content (AvgIpc) is 3.04. The summed E-state index contributed by atoms with van der Waals surface area (Å²) in [5, 5.41) is 19.9. The van der Waals surface area contributed by atoms with Gasteiger partial charge in [-0.2, -0.15) is 0 Å². The number of phenolic OH excluding ortho intramolecular Hbond substituents is 1. The summed E-state index contributed by atoms with van der Waals surface area (Å²) in [6.07, 6.45) is 3.42. The maximum atomic E-state index is 13.6. The second-order valence-electron chi connectivity index (χ2n) is 11.2. The third-order valence-corrected chi connectivity index (χ3v) is 6.40. The standard InChI is InChI=1S/C29H34N4O2/c1-28(2,3)21-14-20(15-22(26(21)35)29(4,5)6)25(34)18-33-24-16-31-13-12-23(24)32(27(33)30)17-19-10-8-7-9-11-19/h7-16,30,35H,17-18H2,1-6H3. The molecule has 35 heavy (non-hydrogen) atoms. The molecule has 0 amide bonds. The van der Waals surface area contributed by atoms with Crippen LogP contribution in [0.4, 0.5) is 0 Å². The summed E-state index contributed by atoms with van der Waals surface area (Å²) in [6, 6.07) is 15.5. The van der Waals surface area contributed by atoms with Crippen molar-refractivity contribution in [1.82, 2.24) is 14.1 Å². The molecule has 0 fully saturated rings. The Morgan fingerprint density at radius 1 is 0.914 bits per heavy atom. The molecular formula is C29H34N4O2. The van der Waals surface area contributed by atoms with Gasteiger partial charge < -0.3 is 14.2 Å². The minimum Gasteiger partial charge on any atom is -0.507 e. The molecule has 2 aromatic heterocycles. The number of rotatable bonds is 5. The molecule has 0 aliphatic heterocycles. The average molecular weight is 471 g/mol. The minimum atomic E-state index is -0.330. The SMILES string of the molecule is CC(C)(C)c1cc(C(=O)Cn2c(=N)n(Cc3ccccc3)c3ccncc32)cc(C(C)(C)C)c1O. The van der Waals surface area contributed by atoms with Gasteiger partial charge in [0, 0.05) is 22.9 Å². The normalized spacial score (nSPS) is 12.3. The molecule has 4 aromatic rings. The fourth-order valence-corrected chi connectivity index (χ4v) is 4.45. The summed E-state index contributed by atoms with van der Waals surface area (Å²) in [7, 11) is 0. The molecule has 2 heterocycles. The fourth-order valence-electron chi connectivity index (χ4n) is 4.45. The Balaban J connectivity index is 1.80. The zero-order valence-electron chi connectivity index (χ0n) is 21.4. The lowest BCUT2D eigenvalue weighted by molar-refractivity contribution is 0.0971. The number of hydrogen-bond acceptors (Lipinski definition) is 4. The van der Waals surface area contributed by atoms with E-state index in [1.807, 2.05) is 82.5 Å². The first kappa shape index (κ1) is 24.5. The first-order valence-corrected chi connectivity index (χ1v) is 11.9. The molecule has 0 aliphatic rings. The second-order valence-corrected chi connectivity index (χ2v) is 11.2. The predicted octanol–water partition coefficient (Wildman–Crippen LogP) is 5.55. The van der Waals surface area contributed by atoms with E-state index in [9.17, 15) is 9.90 Å². The maximum Gasteiger partial charge on any atom is 0.203 e. The molecule has 0 aliphatic carbocycles. The van der Waals surface area contributed by atoms with Gasteiger partial charge in [-0.3, -0.25) is 15.2 Å². The highest BCUT2D eigenvalue weighted by Gasteiger charge is 2.28. The van der Waals surface area contributed by atoms with Gasteiger partial charge in [0.1, 0.15) is 5.75 Å². The van der Waals surface area contributed by atoms with Gasteiger partial charge in [0.15, 0.2) is 5.78 Å². The van der Waals surface area contributed by atoms with E-state index in [1.54, 1.807) is 29.1 Å². The van der Waals surface area contributed by atoms with E-state index in [0.717, 1.165) is 27.7 Å². The van der Waals surface area contributed by atoms with Gasteiger partial charge in [-0.1, -0.05) is 71.9 Å². The number of imidazole rings is 1. The number of fused-ring (bicyclic) bond motifs is 1. The van der Waals surface area contributed by atoms with Crippen LogP contribution in [0.25, 0.3) is 11.0 Å². The Morgan fingerprint density at radius 2 is 1.51 bits per heavy atom. The Bertz CT molecular complexity index is 1410. The van der Waals surface area contributed by atoms with Crippen molar-refractivity contribution in [3.8, 4) is 5.75 Å². The van der Waals surface area contributed by atoms with Crippen LogP contribution in [0, 0.1) is 5.41 Å². The van der Waals surface area contributed by atoms with Gasteiger partial charge in [0.25, 0.3) is 0 Å². The van der Waals surface area contributed by atoms with Gasteiger partial charge in [-0.05, 0) is 34.6 Å². The lowest BCUT2D eigenvalue weighted by atomic mass is 9.78. The van der Waals surface area contributed by atoms with Crippen molar-refractivity contribution in [3.05, 3.63) is 88.8 Å². The smallest absolute Gasteiger partial charge is 0.203 e. The number of nitrogens with zero attached hydrogens (tertiary/aromatic N) is 3. The summed E-state index contributed by atoms with van der Waals surface area (Å²) in [5.41, 5.74) is 4.30. The van der Waals surface area contributed by atoms with Crippen molar-refractivity contribution in [1.29, 1.82) is 5.41 Å². The zero-order valence-corrected chi connectivity index (χ0v) is 21.4. The van der Waals surface area contributed by atoms with E-state index in [-0.39, 0.29) is 34.5 Å². The molecule has 6 heteroatoms. The van der Waals surface area contributed by atoms with Gasteiger partial charge >= 0.3 is 0 Å². The lowest BCUT2D eigenvalue weighted by Gasteiger charge is -2.28. The highest BCUT2D eigenvalue weighted by Crippen LogP contribution is 2.40. The zero-order chi connectivity index (χ0) is 25.5. The molecule has 2 aromatic carbocycles. The molecule has 0 bridgehead atoms. The van der Waals surface area contributed by atoms with Gasteiger partial charge in [0.2, 0.25) is 5.62 Å². The third-order valence-electron chi connectivity index (χ3n) is 6.40. The maximum absolute atomic E-state index is 13.6. The van der Waals surface area contributed by atoms with Crippen LogP contribution in [0.5, 0.6) is 5.75 Å². The Morgan fingerprint density at radius 3 is 2.09 bits per heavy atom. The van der Waals surface area contributed by atoms with E-state index < -0.39 is 0 Å². The number of carbonyl (C=O) groups is 1. The van der Waals surface area contributed by atoms with E-state index in [1.165, 1.54) is 0 Å². The Hall–Kier alpha value is -3.67.